The van der Waals surface area contributed by atoms with Crippen LogP contribution in [-0.2, 0) is 9.53 Å². The first-order chi connectivity index (χ1) is 8.97. The van der Waals surface area contributed by atoms with Crippen LogP contribution in [0.3, 0.4) is 0 Å². The van der Waals surface area contributed by atoms with Crippen molar-refractivity contribution in [2.75, 3.05) is 17.2 Å². The average Bonchev–Trinajstić information content (AvgIpc) is 2.80. The van der Waals surface area contributed by atoms with Crippen molar-refractivity contribution in [2.45, 2.75) is 18.6 Å². The highest BCUT2D eigenvalue weighted by Gasteiger charge is 2.28. The maximum Gasteiger partial charge on any atom is 0.351 e. The minimum Gasteiger partial charge on any atom is -0.381 e. The van der Waals surface area contributed by atoms with E-state index in [4.69, 9.17) is 10.5 Å². The van der Waals surface area contributed by atoms with Gasteiger partial charge in [-0.2, -0.15) is 4.98 Å². The van der Waals surface area contributed by atoms with E-state index in [1.165, 1.54) is 18.7 Å². The van der Waals surface area contributed by atoms with Crippen LogP contribution in [0.15, 0.2) is 11.0 Å². The molecule has 0 unspecified atom stereocenters. The summed E-state index contributed by atoms with van der Waals surface area (Å²) < 4.78 is 20.0. The van der Waals surface area contributed by atoms with E-state index >= 15 is 0 Å². The SMILES string of the molecule is CC(=O)SC[C@@H]1O[C@H](n2cc(F)c(N)nc2=O)CS1. The summed E-state index contributed by atoms with van der Waals surface area (Å²) in [5.74, 6) is -0.185. The third kappa shape index (κ3) is 3.48. The lowest BCUT2D eigenvalue weighted by molar-refractivity contribution is -0.109. The summed E-state index contributed by atoms with van der Waals surface area (Å²) in [4.78, 5) is 25.8. The van der Waals surface area contributed by atoms with Crippen molar-refractivity contribution in [3.63, 3.8) is 0 Å². The summed E-state index contributed by atoms with van der Waals surface area (Å²) in [6, 6.07) is 0. The van der Waals surface area contributed by atoms with Crippen molar-refractivity contribution in [2.24, 2.45) is 0 Å². The number of halogens is 1. The molecule has 19 heavy (non-hydrogen) atoms. The molecular formula is C10H12FN3O3S2. The third-order valence-corrected chi connectivity index (χ3v) is 4.61. The second-order valence-corrected chi connectivity index (χ2v) is 6.21. The van der Waals surface area contributed by atoms with E-state index in [2.05, 4.69) is 4.98 Å². The van der Waals surface area contributed by atoms with E-state index in [1.807, 2.05) is 0 Å². The number of anilines is 1. The highest BCUT2D eigenvalue weighted by Crippen LogP contribution is 2.33. The lowest BCUT2D eigenvalue weighted by atomic mass is 10.5. The van der Waals surface area contributed by atoms with Crippen LogP contribution in [0, 0.1) is 5.82 Å². The van der Waals surface area contributed by atoms with Gasteiger partial charge in [-0.05, 0) is 0 Å². The van der Waals surface area contributed by atoms with Crippen LogP contribution in [-0.4, -0.2) is 31.6 Å². The van der Waals surface area contributed by atoms with Crippen LogP contribution in [0.2, 0.25) is 0 Å². The Kier molecular flexibility index (Phi) is 4.48. The minimum absolute atomic E-state index is 0.00464. The molecule has 1 aromatic rings. The smallest absolute Gasteiger partial charge is 0.351 e. The molecule has 6 nitrogen and oxygen atoms in total. The van der Waals surface area contributed by atoms with Crippen LogP contribution >= 0.6 is 23.5 Å². The van der Waals surface area contributed by atoms with Crippen molar-refractivity contribution in [3.05, 3.63) is 22.5 Å². The number of nitrogen functional groups attached to an aromatic ring is 1. The van der Waals surface area contributed by atoms with Crippen LogP contribution in [0.25, 0.3) is 0 Å². The molecule has 2 atom stereocenters. The van der Waals surface area contributed by atoms with Gasteiger partial charge in [-0.1, -0.05) is 11.8 Å². The van der Waals surface area contributed by atoms with E-state index in [0.29, 0.717) is 11.5 Å². The molecule has 1 aromatic heterocycles. The number of hydrogen-bond acceptors (Lipinski definition) is 7. The zero-order valence-electron chi connectivity index (χ0n) is 10.0. The summed E-state index contributed by atoms with van der Waals surface area (Å²) in [6.45, 7) is 1.48. The molecule has 1 aliphatic heterocycles. The van der Waals surface area contributed by atoms with Gasteiger partial charge in [0, 0.05) is 18.4 Å². The Morgan fingerprint density at radius 3 is 3.21 bits per heavy atom. The number of nitrogens with zero attached hydrogens (tertiary/aromatic N) is 2. The first kappa shape index (κ1) is 14.4. The molecule has 0 amide bonds. The third-order valence-electron chi connectivity index (χ3n) is 2.40. The molecule has 2 heterocycles. The number of aromatic nitrogens is 2. The van der Waals surface area contributed by atoms with Gasteiger partial charge in [-0.25, -0.2) is 9.18 Å². The number of nitrogens with two attached hydrogens (primary N) is 1. The number of carbonyl (C=O) groups excluding carboxylic acids is 1. The van der Waals surface area contributed by atoms with Gasteiger partial charge in [-0.3, -0.25) is 9.36 Å². The normalized spacial score (nSPS) is 22.6. The predicted molar refractivity (Wildman–Crippen MR) is 72.4 cm³/mol. The van der Waals surface area contributed by atoms with Crippen molar-refractivity contribution in [1.29, 1.82) is 0 Å². The molecule has 0 spiro atoms. The largest absolute Gasteiger partial charge is 0.381 e. The molecule has 0 aromatic carbocycles. The number of carbonyl (C=O) groups is 1. The summed E-state index contributed by atoms with van der Waals surface area (Å²) in [7, 11) is 0. The van der Waals surface area contributed by atoms with Gasteiger partial charge < -0.3 is 10.5 Å². The zero-order chi connectivity index (χ0) is 14.0. The van der Waals surface area contributed by atoms with Gasteiger partial charge >= 0.3 is 5.69 Å². The van der Waals surface area contributed by atoms with Crippen molar-refractivity contribution >= 4 is 34.5 Å². The van der Waals surface area contributed by atoms with Crippen LogP contribution in [0.1, 0.15) is 13.2 Å². The lowest BCUT2D eigenvalue weighted by Gasteiger charge is -2.14. The van der Waals surface area contributed by atoms with Gasteiger partial charge in [0.2, 0.25) is 0 Å². The minimum atomic E-state index is -0.755. The number of ether oxygens (including phenoxy) is 1. The van der Waals surface area contributed by atoms with Crippen LogP contribution < -0.4 is 11.4 Å². The fourth-order valence-electron chi connectivity index (χ4n) is 1.53. The predicted octanol–water partition coefficient (Wildman–Crippen LogP) is 0.832. The Hall–Kier alpha value is -1.06. The van der Waals surface area contributed by atoms with Crippen LogP contribution in [0.5, 0.6) is 0 Å². The molecule has 1 saturated heterocycles. The molecule has 9 heteroatoms. The number of rotatable bonds is 3. The van der Waals surface area contributed by atoms with Gasteiger partial charge in [0.25, 0.3) is 0 Å². The van der Waals surface area contributed by atoms with Gasteiger partial charge in [0.15, 0.2) is 16.8 Å². The second-order valence-electron chi connectivity index (χ2n) is 3.82. The fourth-order valence-corrected chi connectivity index (χ4v) is 3.39. The maximum absolute atomic E-state index is 13.3. The molecule has 1 aliphatic rings. The van der Waals surface area contributed by atoms with Gasteiger partial charge in [0.1, 0.15) is 11.7 Å². The Labute approximate surface area is 116 Å². The molecule has 1 fully saturated rings. The quantitative estimate of drug-likeness (QED) is 0.885. The Morgan fingerprint density at radius 2 is 2.53 bits per heavy atom. The summed E-state index contributed by atoms with van der Waals surface area (Å²) in [5, 5.41) is 0.00464. The standard InChI is InChI=1S/C10H12FN3O3S2/c1-5(15)18-4-8-17-7(3-19-8)14-2-6(11)9(12)13-10(14)16/h2,7-8H,3-4H2,1H3,(H2,12,13,16)/t7-,8+/m0/s1. The number of thioether (sulfide) groups is 2. The fraction of sp³-hybridized carbons (Fsp3) is 0.500. The Bertz CT molecular complexity index is 551. The molecule has 0 radical (unpaired) electrons. The number of hydrogen-bond donors (Lipinski definition) is 1. The first-order valence-corrected chi connectivity index (χ1v) is 7.45. The topological polar surface area (TPSA) is 87.2 Å². The van der Waals surface area contributed by atoms with Crippen molar-refractivity contribution < 1.29 is 13.9 Å². The monoisotopic (exact) mass is 305 g/mol. The van der Waals surface area contributed by atoms with Crippen LogP contribution in [0.4, 0.5) is 10.2 Å². The van der Waals surface area contributed by atoms with E-state index in [9.17, 15) is 14.0 Å². The summed E-state index contributed by atoms with van der Waals surface area (Å²) >= 11 is 2.62. The molecule has 0 aliphatic carbocycles. The van der Waals surface area contributed by atoms with E-state index in [0.717, 1.165) is 22.5 Å². The molecule has 2 rings (SSSR count). The summed E-state index contributed by atoms with van der Waals surface area (Å²) in [6.07, 6.45) is 0.411. The van der Waals surface area contributed by atoms with Crippen molar-refractivity contribution in [1.82, 2.24) is 9.55 Å². The van der Waals surface area contributed by atoms with Gasteiger partial charge in [0.05, 0.1) is 6.20 Å². The first-order valence-electron chi connectivity index (χ1n) is 5.42. The molecule has 0 saturated carbocycles. The van der Waals surface area contributed by atoms with E-state index in [-0.39, 0.29) is 10.6 Å². The van der Waals surface area contributed by atoms with E-state index < -0.39 is 23.6 Å². The second kappa shape index (κ2) is 5.93. The highest BCUT2D eigenvalue weighted by atomic mass is 32.2. The molecule has 2 N–H and O–H groups in total. The zero-order valence-corrected chi connectivity index (χ0v) is 11.7. The van der Waals surface area contributed by atoms with Crippen molar-refractivity contribution in [3.8, 4) is 0 Å². The van der Waals surface area contributed by atoms with Gasteiger partial charge in [-0.15, -0.1) is 11.8 Å². The Balaban J connectivity index is 2.07. The van der Waals surface area contributed by atoms with E-state index in [1.54, 1.807) is 0 Å². The maximum atomic E-state index is 13.3. The summed E-state index contributed by atoms with van der Waals surface area (Å²) in [5.41, 5.74) is 4.36. The molecule has 0 bridgehead atoms. The lowest BCUT2D eigenvalue weighted by Crippen LogP contribution is -2.29. The molecular weight excluding hydrogens is 293 g/mol. The Morgan fingerprint density at radius 1 is 1.79 bits per heavy atom. The average molecular weight is 305 g/mol. The molecule has 104 valence electrons. The highest BCUT2D eigenvalue weighted by molar-refractivity contribution is 8.14.